The van der Waals surface area contributed by atoms with E-state index in [2.05, 4.69) is 39.4 Å². The zero-order valence-electron chi connectivity index (χ0n) is 10.2. The summed E-state index contributed by atoms with van der Waals surface area (Å²) in [5.74, 6) is 1.14. The number of benzene rings is 1. The fourth-order valence-corrected chi connectivity index (χ4v) is 2.65. The summed E-state index contributed by atoms with van der Waals surface area (Å²) in [7, 11) is 0. The smallest absolute Gasteiger partial charge is 0.158 e. The van der Waals surface area contributed by atoms with Crippen molar-refractivity contribution < 1.29 is 0 Å². The third-order valence-electron chi connectivity index (χ3n) is 3.61. The minimum absolute atomic E-state index is 1.14. The molecule has 1 aliphatic rings. The minimum Gasteiger partial charge on any atom is -0.355 e. The normalized spacial score (nSPS) is 18.0. The SMILES string of the molecule is c1ccc2c(N3CCCCCCC3)n[nH]c2c1. The van der Waals surface area contributed by atoms with Crippen molar-refractivity contribution in [3.63, 3.8) is 0 Å². The monoisotopic (exact) mass is 229 g/mol. The molecule has 0 aliphatic carbocycles. The van der Waals surface area contributed by atoms with Gasteiger partial charge in [0.15, 0.2) is 5.82 Å². The predicted octanol–water partition coefficient (Wildman–Crippen LogP) is 3.33. The van der Waals surface area contributed by atoms with Gasteiger partial charge in [-0.05, 0) is 25.0 Å². The number of anilines is 1. The van der Waals surface area contributed by atoms with Crippen LogP contribution in [0.15, 0.2) is 24.3 Å². The van der Waals surface area contributed by atoms with Crippen LogP contribution in [0.1, 0.15) is 32.1 Å². The van der Waals surface area contributed by atoms with Crippen LogP contribution in [0.4, 0.5) is 5.82 Å². The summed E-state index contributed by atoms with van der Waals surface area (Å²) in [6.45, 7) is 2.30. The maximum atomic E-state index is 4.49. The molecule has 0 spiro atoms. The summed E-state index contributed by atoms with van der Waals surface area (Å²) in [6, 6.07) is 8.39. The Kier molecular flexibility index (Phi) is 2.99. The van der Waals surface area contributed by atoms with Gasteiger partial charge in [-0.25, -0.2) is 0 Å². The van der Waals surface area contributed by atoms with Crippen LogP contribution in [0.2, 0.25) is 0 Å². The average molecular weight is 229 g/mol. The summed E-state index contributed by atoms with van der Waals surface area (Å²) < 4.78 is 0. The van der Waals surface area contributed by atoms with Crippen molar-refractivity contribution >= 4 is 16.7 Å². The molecule has 3 heteroatoms. The first-order chi connectivity index (χ1) is 8.45. The van der Waals surface area contributed by atoms with Crippen LogP contribution in [0.25, 0.3) is 10.9 Å². The first-order valence-corrected chi connectivity index (χ1v) is 6.63. The Hall–Kier alpha value is -1.51. The largest absolute Gasteiger partial charge is 0.355 e. The highest BCUT2D eigenvalue weighted by atomic mass is 15.3. The number of hydrogen-bond donors (Lipinski definition) is 1. The van der Waals surface area contributed by atoms with E-state index in [0.717, 1.165) is 24.4 Å². The van der Waals surface area contributed by atoms with Gasteiger partial charge in [0, 0.05) is 18.5 Å². The molecular formula is C14H19N3. The standard InChI is InChI=1S/C14H19N3/c1-2-6-10-17(11-7-3-1)14-12-8-4-5-9-13(12)15-16-14/h4-5,8-9H,1-3,6-7,10-11H2,(H,15,16). The molecule has 0 amide bonds. The van der Waals surface area contributed by atoms with Crippen molar-refractivity contribution in [2.45, 2.75) is 32.1 Å². The van der Waals surface area contributed by atoms with E-state index in [1.165, 1.54) is 37.5 Å². The molecule has 17 heavy (non-hydrogen) atoms. The molecular weight excluding hydrogens is 210 g/mol. The zero-order valence-corrected chi connectivity index (χ0v) is 10.2. The van der Waals surface area contributed by atoms with Crippen LogP contribution in [-0.4, -0.2) is 23.3 Å². The fourth-order valence-electron chi connectivity index (χ4n) is 2.65. The lowest BCUT2D eigenvalue weighted by atomic mass is 10.1. The van der Waals surface area contributed by atoms with Gasteiger partial charge in [-0.2, -0.15) is 5.10 Å². The molecule has 1 N–H and O–H groups in total. The van der Waals surface area contributed by atoms with Crippen LogP contribution >= 0.6 is 0 Å². The van der Waals surface area contributed by atoms with Gasteiger partial charge >= 0.3 is 0 Å². The van der Waals surface area contributed by atoms with E-state index in [-0.39, 0.29) is 0 Å². The lowest BCUT2D eigenvalue weighted by Crippen LogP contribution is -2.27. The Balaban J connectivity index is 1.90. The van der Waals surface area contributed by atoms with E-state index in [1.807, 2.05) is 0 Å². The van der Waals surface area contributed by atoms with Crippen LogP contribution < -0.4 is 4.90 Å². The van der Waals surface area contributed by atoms with Crippen LogP contribution in [0.3, 0.4) is 0 Å². The summed E-state index contributed by atoms with van der Waals surface area (Å²) in [5, 5.41) is 8.88. The molecule has 0 bridgehead atoms. The number of para-hydroxylation sites is 1. The van der Waals surface area contributed by atoms with Crippen LogP contribution in [-0.2, 0) is 0 Å². The highest BCUT2D eigenvalue weighted by molar-refractivity contribution is 5.90. The third-order valence-corrected chi connectivity index (χ3v) is 3.61. The molecule has 0 saturated carbocycles. The van der Waals surface area contributed by atoms with Gasteiger partial charge in [0.05, 0.1) is 5.52 Å². The molecule has 0 unspecified atom stereocenters. The number of aromatic nitrogens is 2. The van der Waals surface area contributed by atoms with Gasteiger partial charge in [0.1, 0.15) is 0 Å². The number of nitrogens with one attached hydrogen (secondary N) is 1. The Labute approximate surface area is 102 Å². The van der Waals surface area contributed by atoms with Crippen LogP contribution in [0.5, 0.6) is 0 Å². The van der Waals surface area contributed by atoms with Gasteiger partial charge in [-0.15, -0.1) is 0 Å². The van der Waals surface area contributed by atoms with Crippen LogP contribution in [0, 0.1) is 0 Å². The van der Waals surface area contributed by atoms with Gasteiger partial charge in [-0.3, -0.25) is 5.10 Å². The van der Waals surface area contributed by atoms with Crippen molar-refractivity contribution in [1.82, 2.24) is 10.2 Å². The van der Waals surface area contributed by atoms with Crippen molar-refractivity contribution in [3.8, 4) is 0 Å². The molecule has 2 aromatic rings. The van der Waals surface area contributed by atoms with Gasteiger partial charge in [0.2, 0.25) is 0 Å². The third kappa shape index (κ3) is 2.14. The first kappa shape index (κ1) is 10.6. The van der Waals surface area contributed by atoms with E-state index < -0.39 is 0 Å². The lowest BCUT2D eigenvalue weighted by molar-refractivity contribution is 0.554. The quantitative estimate of drug-likeness (QED) is 0.813. The molecule has 1 fully saturated rings. The highest BCUT2D eigenvalue weighted by Crippen LogP contribution is 2.25. The summed E-state index contributed by atoms with van der Waals surface area (Å²) in [4.78, 5) is 2.44. The molecule has 0 atom stereocenters. The topological polar surface area (TPSA) is 31.9 Å². The number of H-pyrrole nitrogens is 1. The molecule has 1 aliphatic heterocycles. The number of aromatic amines is 1. The van der Waals surface area contributed by atoms with Crippen molar-refractivity contribution in [1.29, 1.82) is 0 Å². The van der Waals surface area contributed by atoms with E-state index in [9.17, 15) is 0 Å². The zero-order chi connectivity index (χ0) is 11.5. The Morgan fingerprint density at radius 3 is 2.47 bits per heavy atom. The van der Waals surface area contributed by atoms with E-state index in [1.54, 1.807) is 0 Å². The molecule has 2 heterocycles. The predicted molar refractivity (Wildman–Crippen MR) is 71.4 cm³/mol. The molecule has 3 nitrogen and oxygen atoms in total. The Morgan fingerprint density at radius 1 is 0.941 bits per heavy atom. The second-order valence-electron chi connectivity index (χ2n) is 4.85. The maximum Gasteiger partial charge on any atom is 0.158 e. The Morgan fingerprint density at radius 2 is 1.65 bits per heavy atom. The summed E-state index contributed by atoms with van der Waals surface area (Å²) in [5.41, 5.74) is 1.14. The van der Waals surface area contributed by atoms with Crippen molar-refractivity contribution in [2.24, 2.45) is 0 Å². The number of rotatable bonds is 1. The van der Waals surface area contributed by atoms with E-state index in [0.29, 0.717) is 0 Å². The van der Waals surface area contributed by atoms with Crippen molar-refractivity contribution in [3.05, 3.63) is 24.3 Å². The minimum atomic E-state index is 1.14. The second kappa shape index (κ2) is 4.78. The Bertz CT molecular complexity index is 481. The van der Waals surface area contributed by atoms with Gasteiger partial charge < -0.3 is 4.90 Å². The number of fused-ring (bicyclic) bond motifs is 1. The molecule has 0 radical (unpaired) electrons. The van der Waals surface area contributed by atoms with Gasteiger partial charge in [0.25, 0.3) is 0 Å². The van der Waals surface area contributed by atoms with Gasteiger partial charge in [-0.1, -0.05) is 31.4 Å². The number of nitrogens with zero attached hydrogens (tertiary/aromatic N) is 2. The van der Waals surface area contributed by atoms with E-state index >= 15 is 0 Å². The van der Waals surface area contributed by atoms with Crippen molar-refractivity contribution in [2.75, 3.05) is 18.0 Å². The fraction of sp³-hybridized carbons (Fsp3) is 0.500. The molecule has 1 aromatic heterocycles. The summed E-state index contributed by atoms with van der Waals surface area (Å²) in [6.07, 6.45) is 6.70. The second-order valence-corrected chi connectivity index (χ2v) is 4.85. The molecule has 1 aromatic carbocycles. The summed E-state index contributed by atoms with van der Waals surface area (Å²) >= 11 is 0. The molecule has 90 valence electrons. The van der Waals surface area contributed by atoms with E-state index in [4.69, 9.17) is 0 Å². The molecule has 3 rings (SSSR count). The highest BCUT2D eigenvalue weighted by Gasteiger charge is 2.14. The maximum absolute atomic E-state index is 4.49. The average Bonchev–Trinajstić information content (AvgIpc) is 2.73. The lowest BCUT2D eigenvalue weighted by Gasteiger charge is -2.24. The molecule has 1 saturated heterocycles. The first-order valence-electron chi connectivity index (χ1n) is 6.63. The number of hydrogen-bond acceptors (Lipinski definition) is 2.